The predicted molar refractivity (Wildman–Crippen MR) is 95.2 cm³/mol. The summed E-state index contributed by atoms with van der Waals surface area (Å²) in [6, 6.07) is 1.87. The van der Waals surface area contributed by atoms with Crippen molar-refractivity contribution >= 4 is 5.91 Å². The second-order valence-corrected chi connectivity index (χ2v) is 8.05. The normalized spacial score (nSPS) is 26.3. The topological polar surface area (TPSA) is 65.5 Å². The van der Waals surface area contributed by atoms with Crippen LogP contribution in [0, 0.1) is 11.8 Å². The van der Waals surface area contributed by atoms with Gasteiger partial charge in [0.2, 0.25) is 0 Å². The molecule has 5 nitrogen and oxygen atoms in total. The summed E-state index contributed by atoms with van der Waals surface area (Å²) in [5.74, 6) is 1.20. The van der Waals surface area contributed by atoms with Gasteiger partial charge in [0.05, 0.1) is 11.3 Å². The Labute approximate surface area is 149 Å². The Morgan fingerprint density at radius 3 is 3.12 bits per heavy atom. The Kier molecular flexibility index (Phi) is 4.61. The number of hydrogen-bond donors (Lipinski definition) is 2. The third-order valence-electron chi connectivity index (χ3n) is 6.27. The molecule has 2 N–H and O–H groups in total. The lowest BCUT2D eigenvalue weighted by Gasteiger charge is -2.32. The van der Waals surface area contributed by atoms with E-state index in [1.54, 1.807) is 22.8 Å². The molecular weight excluding hydrogens is 314 g/mol. The molecule has 3 aliphatic rings. The van der Waals surface area contributed by atoms with Gasteiger partial charge in [0.1, 0.15) is 0 Å². The van der Waals surface area contributed by atoms with E-state index in [0.29, 0.717) is 5.56 Å². The van der Waals surface area contributed by atoms with Crippen LogP contribution in [0.25, 0.3) is 0 Å². The molecule has 1 fully saturated rings. The highest BCUT2D eigenvalue weighted by Crippen LogP contribution is 2.42. The summed E-state index contributed by atoms with van der Waals surface area (Å²) in [6.07, 6.45) is 9.16. The lowest BCUT2D eigenvalue weighted by Crippen LogP contribution is -2.35. The molecule has 2 atom stereocenters. The molecule has 1 unspecified atom stereocenters. The summed E-state index contributed by atoms with van der Waals surface area (Å²) < 4.78 is 0. The lowest BCUT2D eigenvalue weighted by molar-refractivity contribution is 0.0705. The van der Waals surface area contributed by atoms with Crippen molar-refractivity contribution in [2.45, 2.75) is 52.0 Å². The van der Waals surface area contributed by atoms with E-state index in [1.807, 2.05) is 6.07 Å². The van der Waals surface area contributed by atoms with E-state index in [0.717, 1.165) is 42.6 Å². The summed E-state index contributed by atoms with van der Waals surface area (Å²) >= 11 is 0. The van der Waals surface area contributed by atoms with Gasteiger partial charge >= 0.3 is 0 Å². The second-order valence-electron chi connectivity index (χ2n) is 8.05. The highest BCUT2D eigenvalue weighted by molar-refractivity contribution is 5.93. The van der Waals surface area contributed by atoms with Crippen molar-refractivity contribution in [3.8, 4) is 0 Å². The van der Waals surface area contributed by atoms with Crippen LogP contribution >= 0.6 is 0 Å². The van der Waals surface area contributed by atoms with Crippen LogP contribution in [-0.2, 0) is 13.0 Å². The first kappa shape index (κ1) is 16.7. The SMILES string of the molecule is CC1=C2CC[C@H](CN3CCc4cc(C(=O)NO)cnc4C3)CC(C1)C2. The first-order valence-electron chi connectivity index (χ1n) is 9.44. The average molecular weight is 341 g/mol. The standard InChI is InChI=1S/C20H27N3O2/c1-13-6-15-7-14(2-3-16(13)8-15)11-23-5-4-17-9-18(20(24)22-25)10-21-19(17)12-23/h9-10,14-15,25H,2-8,11-12H2,1H3,(H,22,24)/t14-,15?/m0/s1. The molecule has 5 heteroatoms. The molecule has 4 rings (SSSR count). The maximum atomic E-state index is 11.5. The maximum Gasteiger partial charge on any atom is 0.276 e. The highest BCUT2D eigenvalue weighted by Gasteiger charge is 2.30. The van der Waals surface area contributed by atoms with Gasteiger partial charge in [-0.15, -0.1) is 0 Å². The number of allylic oxidation sites excluding steroid dienone is 2. The summed E-state index contributed by atoms with van der Waals surface area (Å²) in [7, 11) is 0. The minimum absolute atomic E-state index is 0.429. The number of fused-ring (bicyclic) bond motifs is 3. The van der Waals surface area contributed by atoms with Gasteiger partial charge in [-0.25, -0.2) is 5.48 Å². The number of pyridine rings is 1. The molecule has 0 saturated heterocycles. The van der Waals surface area contributed by atoms with Crippen molar-refractivity contribution in [1.29, 1.82) is 0 Å². The van der Waals surface area contributed by atoms with Crippen molar-refractivity contribution in [2.24, 2.45) is 11.8 Å². The molecule has 134 valence electrons. The van der Waals surface area contributed by atoms with Crippen LogP contribution in [0.5, 0.6) is 0 Å². The van der Waals surface area contributed by atoms with Crippen LogP contribution in [0.3, 0.4) is 0 Å². The van der Waals surface area contributed by atoms with Crippen molar-refractivity contribution in [3.05, 3.63) is 40.2 Å². The first-order chi connectivity index (χ1) is 12.1. The van der Waals surface area contributed by atoms with Crippen molar-refractivity contribution < 1.29 is 10.0 Å². The zero-order valence-corrected chi connectivity index (χ0v) is 14.9. The fourth-order valence-electron chi connectivity index (χ4n) is 4.96. The van der Waals surface area contributed by atoms with Gasteiger partial charge in [0.15, 0.2) is 0 Å². The van der Waals surface area contributed by atoms with Crippen LogP contribution in [0.2, 0.25) is 0 Å². The number of rotatable bonds is 3. The highest BCUT2D eigenvalue weighted by atomic mass is 16.5. The van der Waals surface area contributed by atoms with E-state index < -0.39 is 5.91 Å². The van der Waals surface area contributed by atoms with Crippen LogP contribution in [-0.4, -0.2) is 34.1 Å². The molecule has 1 saturated carbocycles. The number of hydrogen-bond acceptors (Lipinski definition) is 4. The molecule has 2 bridgehead atoms. The number of aromatic nitrogens is 1. The monoisotopic (exact) mass is 341 g/mol. The third-order valence-corrected chi connectivity index (χ3v) is 6.27. The molecule has 1 aromatic heterocycles. The molecule has 2 heterocycles. The quantitative estimate of drug-likeness (QED) is 0.504. The van der Waals surface area contributed by atoms with Gasteiger partial charge in [-0.1, -0.05) is 11.1 Å². The summed E-state index contributed by atoms with van der Waals surface area (Å²) in [4.78, 5) is 18.5. The van der Waals surface area contributed by atoms with Crippen LogP contribution < -0.4 is 5.48 Å². The average Bonchev–Trinajstić information content (AvgIpc) is 2.84. The molecule has 0 spiro atoms. The van der Waals surface area contributed by atoms with Crippen molar-refractivity contribution in [2.75, 3.05) is 13.1 Å². The number of amides is 1. The Bertz CT molecular complexity index is 713. The summed E-state index contributed by atoms with van der Waals surface area (Å²) in [5, 5.41) is 8.76. The second kappa shape index (κ2) is 6.89. The molecular formula is C20H27N3O2. The predicted octanol–water partition coefficient (Wildman–Crippen LogP) is 3.09. The van der Waals surface area contributed by atoms with Crippen LogP contribution in [0.1, 0.15) is 60.6 Å². The molecule has 0 aromatic carbocycles. The van der Waals surface area contributed by atoms with E-state index in [4.69, 9.17) is 5.21 Å². The number of carbonyl (C=O) groups excluding carboxylic acids is 1. The van der Waals surface area contributed by atoms with Crippen LogP contribution in [0.4, 0.5) is 0 Å². The van der Waals surface area contributed by atoms with Gasteiger partial charge in [-0.2, -0.15) is 0 Å². The fraction of sp³-hybridized carbons (Fsp3) is 0.600. The van der Waals surface area contributed by atoms with Crippen molar-refractivity contribution in [3.63, 3.8) is 0 Å². The smallest absolute Gasteiger partial charge is 0.276 e. The van der Waals surface area contributed by atoms with E-state index in [9.17, 15) is 4.79 Å². The zero-order valence-electron chi connectivity index (χ0n) is 14.9. The number of nitrogens with zero attached hydrogens (tertiary/aromatic N) is 2. The molecule has 1 amide bonds. The Morgan fingerprint density at radius 2 is 2.28 bits per heavy atom. The maximum absolute atomic E-state index is 11.5. The van der Waals surface area contributed by atoms with E-state index in [2.05, 4.69) is 16.8 Å². The van der Waals surface area contributed by atoms with Crippen molar-refractivity contribution in [1.82, 2.24) is 15.4 Å². The van der Waals surface area contributed by atoms with Gasteiger partial charge in [0, 0.05) is 25.8 Å². The number of nitrogens with one attached hydrogen (secondary N) is 1. The van der Waals surface area contributed by atoms with E-state index in [1.165, 1.54) is 38.6 Å². The Balaban J connectivity index is 1.39. The minimum Gasteiger partial charge on any atom is -0.297 e. The molecule has 0 radical (unpaired) electrons. The minimum atomic E-state index is -0.490. The Morgan fingerprint density at radius 1 is 1.40 bits per heavy atom. The molecule has 1 aromatic rings. The van der Waals surface area contributed by atoms with E-state index >= 15 is 0 Å². The lowest BCUT2D eigenvalue weighted by atomic mass is 9.89. The van der Waals surface area contributed by atoms with Gasteiger partial charge < -0.3 is 0 Å². The van der Waals surface area contributed by atoms with Gasteiger partial charge in [-0.3, -0.25) is 19.9 Å². The van der Waals surface area contributed by atoms with Gasteiger partial charge in [0.25, 0.3) is 5.91 Å². The largest absolute Gasteiger partial charge is 0.297 e. The molecule has 25 heavy (non-hydrogen) atoms. The number of hydroxylamine groups is 1. The Hall–Kier alpha value is -1.72. The fourth-order valence-corrected chi connectivity index (χ4v) is 4.96. The molecule has 2 aliphatic carbocycles. The van der Waals surface area contributed by atoms with Gasteiger partial charge in [-0.05, 0) is 68.9 Å². The number of carbonyl (C=O) groups is 1. The summed E-state index contributed by atoms with van der Waals surface area (Å²) in [5.41, 5.74) is 7.74. The summed E-state index contributed by atoms with van der Waals surface area (Å²) in [6.45, 7) is 5.40. The molecule has 1 aliphatic heterocycles. The zero-order chi connectivity index (χ0) is 17.4. The van der Waals surface area contributed by atoms with E-state index in [-0.39, 0.29) is 0 Å². The third kappa shape index (κ3) is 3.48. The first-order valence-corrected chi connectivity index (χ1v) is 9.44. The van der Waals surface area contributed by atoms with Crippen LogP contribution in [0.15, 0.2) is 23.4 Å².